The molecule has 1 aromatic heterocycles. The Morgan fingerprint density at radius 1 is 1.22 bits per heavy atom. The summed E-state index contributed by atoms with van der Waals surface area (Å²) in [5.74, 6) is -0.353. The molecule has 32 heavy (non-hydrogen) atoms. The number of hydrogen-bond acceptors (Lipinski definition) is 4. The van der Waals surface area contributed by atoms with E-state index in [1.165, 1.54) is 0 Å². The number of amides is 2. The smallest absolute Gasteiger partial charge is 0.256 e. The molecule has 0 bridgehead atoms. The molecule has 0 fully saturated rings. The minimum atomic E-state index is -0.233. The summed E-state index contributed by atoms with van der Waals surface area (Å²) in [5.41, 5.74) is 10.9. The minimum absolute atomic E-state index is 0.120. The Balaban J connectivity index is 0.00000176. The summed E-state index contributed by atoms with van der Waals surface area (Å²) in [7, 11) is 0. The van der Waals surface area contributed by atoms with Crippen molar-refractivity contribution in [1.82, 2.24) is 15.2 Å². The first-order valence-electron chi connectivity index (χ1n) is 11.1. The number of aromatic amines is 1. The monoisotopic (exact) mass is 459 g/mol. The van der Waals surface area contributed by atoms with Crippen molar-refractivity contribution in [3.8, 4) is 0 Å². The number of hydrogen-bond donors (Lipinski definition) is 4. The third-order valence-corrected chi connectivity index (χ3v) is 5.85. The maximum Gasteiger partial charge on any atom is 0.256 e. The molecule has 8 heteroatoms. The van der Waals surface area contributed by atoms with Gasteiger partial charge in [-0.2, -0.15) is 0 Å². The van der Waals surface area contributed by atoms with Crippen LogP contribution in [0, 0.1) is 13.8 Å². The van der Waals surface area contributed by atoms with Gasteiger partial charge in [0.2, 0.25) is 0 Å². The highest BCUT2D eigenvalue weighted by atomic mass is 35.5. The van der Waals surface area contributed by atoms with Crippen molar-refractivity contribution in [1.29, 1.82) is 0 Å². The second-order valence-corrected chi connectivity index (χ2v) is 7.79. The second-order valence-electron chi connectivity index (χ2n) is 7.38. The van der Waals surface area contributed by atoms with Crippen LogP contribution in [0.5, 0.6) is 0 Å². The number of likely N-dealkylation sites (N-methyl/N-ethyl adjacent to an activating group) is 1. The molecule has 0 unspecified atom stereocenters. The van der Waals surface area contributed by atoms with Crippen LogP contribution in [0.15, 0.2) is 12.1 Å². The zero-order valence-electron chi connectivity index (χ0n) is 19.8. The van der Waals surface area contributed by atoms with Crippen molar-refractivity contribution in [3.63, 3.8) is 0 Å². The predicted octanol–water partition coefficient (Wildman–Crippen LogP) is 4.46. The van der Waals surface area contributed by atoms with E-state index in [1.807, 2.05) is 27.7 Å². The van der Waals surface area contributed by atoms with E-state index in [9.17, 15) is 9.59 Å². The molecule has 0 saturated heterocycles. The highest BCUT2D eigenvalue weighted by molar-refractivity contribution is 6.38. The summed E-state index contributed by atoms with van der Waals surface area (Å²) in [6.07, 6.45) is 1.75. The molecule has 0 atom stereocenters. The Hall–Kier alpha value is -2.77. The van der Waals surface area contributed by atoms with Gasteiger partial charge in [0.15, 0.2) is 0 Å². The zero-order chi connectivity index (χ0) is 24.0. The van der Waals surface area contributed by atoms with Gasteiger partial charge < -0.3 is 26.3 Å². The summed E-state index contributed by atoms with van der Waals surface area (Å²) in [4.78, 5) is 30.7. The van der Waals surface area contributed by atoms with Gasteiger partial charge in [-0.05, 0) is 50.7 Å². The number of aryl methyl sites for hydroxylation is 1. The number of benzene rings is 1. The summed E-state index contributed by atoms with van der Waals surface area (Å²) in [5, 5.41) is 6.19. The number of H-pyrrole nitrogens is 1. The van der Waals surface area contributed by atoms with E-state index in [0.29, 0.717) is 45.3 Å². The number of anilines is 2. The van der Waals surface area contributed by atoms with Crippen molar-refractivity contribution < 1.29 is 9.59 Å². The molecule has 5 N–H and O–H groups in total. The standard InChI is InChI=1S/C22H28ClN5O2.C2H6/c1-5-28(6-2)8-7-25-22(30)20-12(3)18(26-13(20)4)10-15-14-9-16(23)17(24)11-19(14)27-21(15)29;1-2/h9-11,26H,5-8,24H2,1-4H3,(H,25,30)(H,27,29);1-2H3/b15-10-;. The lowest BCUT2D eigenvalue weighted by atomic mass is 10.0. The van der Waals surface area contributed by atoms with Crippen molar-refractivity contribution in [2.24, 2.45) is 0 Å². The number of halogens is 1. The summed E-state index contributed by atoms with van der Waals surface area (Å²) < 4.78 is 0. The molecule has 0 radical (unpaired) electrons. The van der Waals surface area contributed by atoms with Crippen LogP contribution >= 0.6 is 11.6 Å². The molecule has 1 aliphatic heterocycles. The SMILES string of the molecule is CC.CCN(CC)CCNC(=O)c1c(C)[nH]c(/C=C2\C(=O)Nc3cc(N)c(Cl)cc32)c1C. The minimum Gasteiger partial charge on any atom is -0.397 e. The van der Waals surface area contributed by atoms with Gasteiger partial charge in [-0.1, -0.05) is 39.3 Å². The van der Waals surface area contributed by atoms with Gasteiger partial charge >= 0.3 is 0 Å². The molecule has 1 aromatic carbocycles. The molecule has 2 aromatic rings. The second kappa shape index (κ2) is 11.2. The first-order valence-corrected chi connectivity index (χ1v) is 11.5. The summed E-state index contributed by atoms with van der Waals surface area (Å²) in [6, 6.07) is 3.33. The maximum absolute atomic E-state index is 12.8. The summed E-state index contributed by atoms with van der Waals surface area (Å²) in [6.45, 7) is 15.2. The van der Waals surface area contributed by atoms with Gasteiger partial charge in [0, 0.05) is 30.0 Å². The Labute approximate surface area is 195 Å². The Morgan fingerprint density at radius 2 is 1.88 bits per heavy atom. The van der Waals surface area contributed by atoms with E-state index in [-0.39, 0.29) is 11.8 Å². The highest BCUT2D eigenvalue weighted by Gasteiger charge is 2.26. The van der Waals surface area contributed by atoms with Crippen LogP contribution in [0.1, 0.15) is 60.6 Å². The molecular weight excluding hydrogens is 426 g/mol. The molecule has 2 heterocycles. The molecule has 3 rings (SSSR count). The van der Waals surface area contributed by atoms with Crippen molar-refractivity contribution in [3.05, 3.63) is 45.2 Å². The number of nitrogens with two attached hydrogens (primary N) is 1. The van der Waals surface area contributed by atoms with E-state index >= 15 is 0 Å². The van der Waals surface area contributed by atoms with E-state index in [2.05, 4.69) is 34.4 Å². The molecule has 0 spiro atoms. The van der Waals surface area contributed by atoms with Crippen LogP contribution < -0.4 is 16.4 Å². The number of aromatic nitrogens is 1. The number of fused-ring (bicyclic) bond motifs is 1. The van der Waals surface area contributed by atoms with Crippen LogP contribution in [0.3, 0.4) is 0 Å². The maximum atomic E-state index is 12.8. The number of nitrogens with one attached hydrogen (secondary N) is 3. The largest absolute Gasteiger partial charge is 0.397 e. The van der Waals surface area contributed by atoms with Gasteiger partial charge in [0.05, 0.1) is 27.5 Å². The van der Waals surface area contributed by atoms with Gasteiger partial charge in [-0.15, -0.1) is 0 Å². The molecule has 174 valence electrons. The molecular formula is C24H34ClN5O2. The van der Waals surface area contributed by atoms with Crippen LogP contribution in [0.25, 0.3) is 11.6 Å². The third kappa shape index (κ3) is 5.34. The number of carbonyl (C=O) groups excluding carboxylic acids is 2. The molecule has 0 aliphatic carbocycles. The fraction of sp³-hybridized carbons (Fsp3) is 0.417. The van der Waals surface area contributed by atoms with Crippen molar-refractivity contribution >= 4 is 46.4 Å². The zero-order valence-corrected chi connectivity index (χ0v) is 20.5. The Morgan fingerprint density at radius 3 is 2.50 bits per heavy atom. The topological polar surface area (TPSA) is 103 Å². The third-order valence-electron chi connectivity index (χ3n) is 5.52. The fourth-order valence-electron chi connectivity index (χ4n) is 3.73. The number of carbonyl (C=O) groups is 2. The van der Waals surface area contributed by atoms with Gasteiger partial charge in [-0.25, -0.2) is 0 Å². The molecule has 1 aliphatic rings. The average molecular weight is 460 g/mol. The average Bonchev–Trinajstić information content (AvgIpc) is 3.22. The molecule has 7 nitrogen and oxygen atoms in total. The van der Waals surface area contributed by atoms with Gasteiger partial charge in [0.1, 0.15) is 0 Å². The first-order chi connectivity index (χ1) is 15.3. The lowest BCUT2D eigenvalue weighted by molar-refractivity contribution is -0.110. The molecule has 2 amide bonds. The van der Waals surface area contributed by atoms with Crippen LogP contribution in [0.2, 0.25) is 5.02 Å². The van der Waals surface area contributed by atoms with E-state index < -0.39 is 0 Å². The van der Waals surface area contributed by atoms with E-state index in [4.69, 9.17) is 17.3 Å². The van der Waals surface area contributed by atoms with E-state index in [0.717, 1.165) is 30.9 Å². The highest BCUT2D eigenvalue weighted by Crippen LogP contribution is 2.38. The number of nitrogens with zero attached hydrogens (tertiary/aromatic N) is 1. The van der Waals surface area contributed by atoms with Crippen LogP contribution in [-0.4, -0.2) is 47.9 Å². The van der Waals surface area contributed by atoms with Crippen LogP contribution in [-0.2, 0) is 4.79 Å². The normalized spacial score (nSPS) is 13.6. The quantitative estimate of drug-likeness (QED) is 0.362. The van der Waals surface area contributed by atoms with E-state index in [1.54, 1.807) is 18.2 Å². The van der Waals surface area contributed by atoms with Crippen molar-refractivity contribution in [2.75, 3.05) is 37.2 Å². The van der Waals surface area contributed by atoms with Gasteiger partial charge in [0.25, 0.3) is 11.8 Å². The molecule has 0 saturated carbocycles. The Bertz CT molecular complexity index is 1020. The number of nitrogen functional groups attached to an aromatic ring is 1. The Kier molecular flexibility index (Phi) is 8.92. The predicted molar refractivity (Wildman–Crippen MR) is 134 cm³/mol. The fourth-order valence-corrected chi connectivity index (χ4v) is 3.89. The lowest BCUT2D eigenvalue weighted by Crippen LogP contribution is -2.35. The van der Waals surface area contributed by atoms with Crippen molar-refractivity contribution in [2.45, 2.75) is 41.5 Å². The first kappa shape index (κ1) is 25.5. The lowest BCUT2D eigenvalue weighted by Gasteiger charge is -2.18. The van der Waals surface area contributed by atoms with Gasteiger partial charge in [-0.3, -0.25) is 9.59 Å². The summed E-state index contributed by atoms with van der Waals surface area (Å²) >= 11 is 6.15. The van der Waals surface area contributed by atoms with Crippen LogP contribution in [0.4, 0.5) is 11.4 Å². The number of rotatable bonds is 7.